The van der Waals surface area contributed by atoms with Gasteiger partial charge in [0, 0.05) is 19.2 Å². The fourth-order valence-corrected chi connectivity index (χ4v) is 3.54. The Morgan fingerprint density at radius 1 is 1.27 bits per heavy atom. The lowest BCUT2D eigenvalue weighted by Crippen LogP contribution is -2.50. The van der Waals surface area contributed by atoms with Crippen LogP contribution in [0.25, 0.3) is 0 Å². The van der Waals surface area contributed by atoms with Crippen LogP contribution in [0.3, 0.4) is 0 Å². The van der Waals surface area contributed by atoms with Crippen molar-refractivity contribution in [1.29, 1.82) is 0 Å². The number of allylic oxidation sites excluding steroid dienone is 1. The second-order valence-corrected chi connectivity index (χ2v) is 8.06. The van der Waals surface area contributed by atoms with Gasteiger partial charge in [0.1, 0.15) is 12.4 Å². The summed E-state index contributed by atoms with van der Waals surface area (Å²) in [5.41, 5.74) is 0.697. The zero-order valence-corrected chi connectivity index (χ0v) is 18.3. The molecule has 0 aromatic heterocycles. The summed E-state index contributed by atoms with van der Waals surface area (Å²) in [7, 11) is 0. The van der Waals surface area contributed by atoms with Crippen molar-refractivity contribution in [1.82, 2.24) is 10.2 Å². The average Bonchev–Trinajstić information content (AvgIpc) is 2.74. The first-order chi connectivity index (χ1) is 14.3. The molecule has 2 amide bonds. The first-order valence-corrected chi connectivity index (χ1v) is 10.6. The van der Waals surface area contributed by atoms with Crippen LogP contribution < -0.4 is 5.32 Å². The number of hydrogen-bond acceptors (Lipinski definition) is 6. The number of ether oxygens (including phenoxy) is 3. The minimum atomic E-state index is -0.512. The SMILES string of the molecule is C/C(C=O)=C\C[C@@H]1O[C@H](C)C(NC(=O)/C=C\[C@H](C)OC(=O)N2CCOCC2)C[C@@H]1C. The minimum absolute atomic E-state index is 0.0261. The molecule has 0 aromatic rings. The summed E-state index contributed by atoms with van der Waals surface area (Å²) in [6, 6.07) is -0.101. The highest BCUT2D eigenvalue weighted by atomic mass is 16.6. The zero-order chi connectivity index (χ0) is 22.1. The van der Waals surface area contributed by atoms with Gasteiger partial charge in [-0.3, -0.25) is 9.59 Å². The van der Waals surface area contributed by atoms with Crippen LogP contribution in [0.15, 0.2) is 23.8 Å². The van der Waals surface area contributed by atoms with Gasteiger partial charge in [0.15, 0.2) is 0 Å². The van der Waals surface area contributed by atoms with Gasteiger partial charge in [-0.2, -0.15) is 0 Å². The molecule has 0 radical (unpaired) electrons. The molecule has 0 aliphatic carbocycles. The van der Waals surface area contributed by atoms with Crippen molar-refractivity contribution >= 4 is 18.3 Å². The van der Waals surface area contributed by atoms with Gasteiger partial charge < -0.3 is 24.4 Å². The molecular weight excluding hydrogens is 388 g/mol. The molecule has 2 rings (SSSR count). The van der Waals surface area contributed by atoms with Gasteiger partial charge in [-0.05, 0) is 51.2 Å². The van der Waals surface area contributed by atoms with Gasteiger partial charge in [-0.1, -0.05) is 13.0 Å². The molecule has 2 saturated heterocycles. The maximum absolute atomic E-state index is 12.3. The number of carbonyl (C=O) groups is 3. The van der Waals surface area contributed by atoms with E-state index < -0.39 is 12.2 Å². The van der Waals surface area contributed by atoms with E-state index in [2.05, 4.69) is 12.2 Å². The van der Waals surface area contributed by atoms with Crippen molar-refractivity contribution in [2.24, 2.45) is 5.92 Å². The number of amides is 2. The molecule has 2 heterocycles. The minimum Gasteiger partial charge on any atom is -0.442 e. The summed E-state index contributed by atoms with van der Waals surface area (Å²) in [6.07, 6.45) is 6.16. The highest BCUT2D eigenvalue weighted by Gasteiger charge is 2.33. The number of aldehydes is 1. The second-order valence-electron chi connectivity index (χ2n) is 8.06. The number of nitrogens with zero attached hydrogens (tertiary/aromatic N) is 1. The topological polar surface area (TPSA) is 94.2 Å². The van der Waals surface area contributed by atoms with E-state index in [1.165, 1.54) is 6.08 Å². The average molecular weight is 423 g/mol. The summed E-state index contributed by atoms with van der Waals surface area (Å²) < 4.78 is 16.6. The van der Waals surface area contributed by atoms with Crippen LogP contribution in [0.2, 0.25) is 0 Å². The molecule has 30 heavy (non-hydrogen) atoms. The predicted molar refractivity (Wildman–Crippen MR) is 112 cm³/mol. The van der Waals surface area contributed by atoms with Crippen LogP contribution in [0.5, 0.6) is 0 Å². The Bertz CT molecular complexity index is 656. The normalized spacial score (nSPS) is 28.8. The van der Waals surface area contributed by atoms with Gasteiger partial charge in [-0.25, -0.2) is 4.79 Å². The van der Waals surface area contributed by atoms with Crippen LogP contribution in [0.4, 0.5) is 4.79 Å². The molecule has 0 aromatic carbocycles. The summed E-state index contributed by atoms with van der Waals surface area (Å²) >= 11 is 0. The molecule has 1 unspecified atom stereocenters. The Morgan fingerprint density at radius 2 is 1.97 bits per heavy atom. The molecule has 168 valence electrons. The third kappa shape index (κ3) is 7.57. The standard InChI is InChI=1S/C22H34N2O6/c1-15(14-25)5-7-20-16(2)13-19(18(4)30-20)23-21(26)8-6-17(3)29-22(27)24-9-11-28-12-10-24/h5-6,8,14,16-20H,7,9-13H2,1-4H3,(H,23,26)/b8-6-,15-5+/t16-,17-,18+,19?,20-/m0/s1. The molecule has 2 aliphatic rings. The molecule has 8 heteroatoms. The fourth-order valence-electron chi connectivity index (χ4n) is 3.54. The van der Waals surface area contributed by atoms with Crippen LogP contribution in [-0.4, -0.2) is 73.8 Å². The Balaban J connectivity index is 1.78. The van der Waals surface area contributed by atoms with E-state index in [-0.39, 0.29) is 30.1 Å². The first kappa shape index (κ1) is 24.1. The van der Waals surface area contributed by atoms with Gasteiger partial charge in [-0.15, -0.1) is 0 Å². The summed E-state index contributed by atoms with van der Waals surface area (Å²) in [5.74, 6) is 0.00616. The Kier molecular flexibility index (Phi) is 9.52. The fraction of sp³-hybridized carbons (Fsp3) is 0.682. The lowest BCUT2D eigenvalue weighted by atomic mass is 9.88. The Morgan fingerprint density at radius 3 is 2.63 bits per heavy atom. The summed E-state index contributed by atoms with van der Waals surface area (Å²) in [5, 5.41) is 2.98. The molecule has 2 fully saturated rings. The van der Waals surface area contributed by atoms with E-state index in [1.54, 1.807) is 24.8 Å². The van der Waals surface area contributed by atoms with Crippen LogP contribution in [0.1, 0.15) is 40.5 Å². The number of hydrogen-bond donors (Lipinski definition) is 1. The molecule has 8 nitrogen and oxygen atoms in total. The monoisotopic (exact) mass is 422 g/mol. The van der Waals surface area contributed by atoms with Crippen molar-refractivity contribution in [3.05, 3.63) is 23.8 Å². The van der Waals surface area contributed by atoms with Crippen molar-refractivity contribution in [2.45, 2.75) is 64.9 Å². The molecule has 5 atom stereocenters. The van der Waals surface area contributed by atoms with Crippen LogP contribution >= 0.6 is 0 Å². The van der Waals surface area contributed by atoms with Gasteiger partial charge >= 0.3 is 6.09 Å². The maximum atomic E-state index is 12.3. The third-order valence-electron chi connectivity index (χ3n) is 5.48. The molecule has 0 saturated carbocycles. The Hall–Kier alpha value is -2.19. The van der Waals surface area contributed by atoms with Crippen LogP contribution in [-0.2, 0) is 23.8 Å². The maximum Gasteiger partial charge on any atom is 0.410 e. The van der Waals surface area contributed by atoms with E-state index in [9.17, 15) is 14.4 Å². The molecule has 1 N–H and O–H groups in total. The lowest BCUT2D eigenvalue weighted by Gasteiger charge is -2.39. The molecule has 2 aliphatic heterocycles. The van der Waals surface area contributed by atoms with Gasteiger partial charge in [0.2, 0.25) is 5.91 Å². The number of nitrogens with one attached hydrogen (secondary N) is 1. The first-order valence-electron chi connectivity index (χ1n) is 10.6. The Labute approximate surface area is 178 Å². The van der Waals surface area contributed by atoms with Crippen molar-refractivity contribution in [2.75, 3.05) is 26.3 Å². The number of rotatable bonds is 7. The van der Waals surface area contributed by atoms with E-state index in [4.69, 9.17) is 14.2 Å². The number of carbonyl (C=O) groups excluding carboxylic acids is 3. The highest BCUT2D eigenvalue weighted by molar-refractivity contribution is 5.87. The van der Waals surface area contributed by atoms with Gasteiger partial charge in [0.25, 0.3) is 0 Å². The second kappa shape index (κ2) is 11.9. The zero-order valence-electron chi connectivity index (χ0n) is 18.3. The van der Waals surface area contributed by atoms with E-state index in [0.717, 1.165) is 12.7 Å². The predicted octanol–water partition coefficient (Wildman–Crippen LogP) is 2.23. The van der Waals surface area contributed by atoms with Gasteiger partial charge in [0.05, 0.1) is 31.5 Å². The highest BCUT2D eigenvalue weighted by Crippen LogP contribution is 2.27. The summed E-state index contributed by atoms with van der Waals surface area (Å²) in [4.78, 5) is 36.7. The van der Waals surface area contributed by atoms with Crippen LogP contribution in [0, 0.1) is 5.92 Å². The lowest BCUT2D eigenvalue weighted by molar-refractivity contribution is -0.123. The molecular formula is C22H34N2O6. The molecule has 0 bridgehead atoms. The number of morpholine rings is 1. The van der Waals surface area contributed by atoms with Crippen molar-refractivity contribution in [3.63, 3.8) is 0 Å². The van der Waals surface area contributed by atoms with E-state index in [0.29, 0.717) is 38.3 Å². The quantitative estimate of drug-likeness (QED) is 0.499. The van der Waals surface area contributed by atoms with E-state index in [1.807, 2.05) is 13.0 Å². The smallest absolute Gasteiger partial charge is 0.410 e. The van der Waals surface area contributed by atoms with Crippen molar-refractivity contribution in [3.8, 4) is 0 Å². The summed E-state index contributed by atoms with van der Waals surface area (Å²) in [6.45, 7) is 9.57. The third-order valence-corrected chi connectivity index (χ3v) is 5.48. The van der Waals surface area contributed by atoms with E-state index >= 15 is 0 Å². The molecule has 0 spiro atoms. The largest absolute Gasteiger partial charge is 0.442 e. The van der Waals surface area contributed by atoms with Crippen molar-refractivity contribution < 1.29 is 28.6 Å².